The summed E-state index contributed by atoms with van der Waals surface area (Å²) in [5.74, 6) is -0.562. The monoisotopic (exact) mass is 443 g/mol. The van der Waals surface area contributed by atoms with Crippen LogP contribution in [0.25, 0.3) is 0 Å². The molecule has 0 spiro atoms. The Morgan fingerprint density at radius 3 is 2.74 bits per heavy atom. The maximum Gasteiger partial charge on any atom is 0.307 e. The second-order valence-corrected chi connectivity index (χ2v) is 8.46. The molecule has 0 unspecified atom stereocenters. The first kappa shape index (κ1) is 20.8. The molecule has 3 aromatic heterocycles. The molecule has 0 aliphatic heterocycles. The van der Waals surface area contributed by atoms with E-state index in [-0.39, 0.29) is 18.0 Å². The minimum Gasteiger partial charge on any atom is -0.454 e. The predicted octanol–water partition coefficient (Wildman–Crippen LogP) is 3.50. The van der Waals surface area contributed by atoms with Crippen molar-refractivity contribution < 1.29 is 18.9 Å². The molecule has 3 N–H and O–H groups in total. The van der Waals surface area contributed by atoms with Gasteiger partial charge < -0.3 is 15.5 Å². The third-order valence-corrected chi connectivity index (χ3v) is 6.39. The number of nitrogens with two attached hydrogens (primary N) is 1. The van der Waals surface area contributed by atoms with E-state index >= 15 is 0 Å². The fourth-order valence-electron chi connectivity index (χ4n) is 3.71. The second kappa shape index (κ2) is 8.72. The van der Waals surface area contributed by atoms with Gasteiger partial charge in [-0.05, 0) is 43.4 Å². The van der Waals surface area contributed by atoms with Crippen LogP contribution in [0.15, 0.2) is 28.9 Å². The quantitative estimate of drug-likeness (QED) is 0.440. The smallest absolute Gasteiger partial charge is 0.307 e. The van der Waals surface area contributed by atoms with Gasteiger partial charge in [-0.25, -0.2) is 0 Å². The van der Waals surface area contributed by atoms with Gasteiger partial charge in [-0.3, -0.25) is 24.4 Å². The molecule has 0 bridgehead atoms. The fourth-order valence-corrected chi connectivity index (χ4v) is 5.00. The lowest BCUT2D eigenvalue weighted by Crippen LogP contribution is -2.18. The van der Waals surface area contributed by atoms with Gasteiger partial charge in [0.15, 0.2) is 5.76 Å². The van der Waals surface area contributed by atoms with E-state index in [1.165, 1.54) is 28.3 Å². The van der Waals surface area contributed by atoms with Crippen LogP contribution in [0.2, 0.25) is 0 Å². The number of nitrogens with zero attached hydrogens (tertiary/aromatic N) is 3. The number of nitrogens with one attached hydrogen (secondary N) is 1. The average molecular weight is 443 g/mol. The van der Waals surface area contributed by atoms with E-state index in [2.05, 4.69) is 10.4 Å². The fraction of sp³-hybridized carbons (Fsp3) is 0.350. The lowest BCUT2D eigenvalue weighted by Gasteiger charge is -2.10. The zero-order chi connectivity index (χ0) is 22.0. The summed E-state index contributed by atoms with van der Waals surface area (Å²) >= 11 is 1.40. The summed E-state index contributed by atoms with van der Waals surface area (Å²) in [7, 11) is 0. The highest BCUT2D eigenvalue weighted by molar-refractivity contribution is 7.17. The molecule has 4 rings (SSSR count). The van der Waals surface area contributed by atoms with E-state index < -0.39 is 16.7 Å². The van der Waals surface area contributed by atoms with Crippen molar-refractivity contribution in [2.75, 3.05) is 5.32 Å². The molecule has 0 aromatic carbocycles. The lowest BCUT2D eigenvalue weighted by molar-refractivity contribution is -0.385. The number of nitro groups is 1. The Bertz CT molecular complexity index is 1140. The molecule has 3 heterocycles. The largest absolute Gasteiger partial charge is 0.454 e. The van der Waals surface area contributed by atoms with Crippen LogP contribution in [0.1, 0.15) is 62.8 Å². The SMILES string of the molecule is NC(=O)c1c(NC(=O)c2ccc(Cn3cc([N+](=O)[O-])cn3)o2)sc2c1CCCCCC2. The number of anilines is 1. The van der Waals surface area contributed by atoms with Crippen molar-refractivity contribution in [1.82, 2.24) is 9.78 Å². The van der Waals surface area contributed by atoms with Gasteiger partial charge in [0.05, 0.1) is 17.0 Å². The van der Waals surface area contributed by atoms with E-state index in [0.29, 0.717) is 16.3 Å². The summed E-state index contributed by atoms with van der Waals surface area (Å²) in [6.45, 7) is 0.140. The number of furan rings is 1. The normalized spacial score (nSPS) is 13.8. The topological polar surface area (TPSA) is 146 Å². The highest BCUT2D eigenvalue weighted by Gasteiger charge is 2.25. The maximum absolute atomic E-state index is 12.7. The molecule has 0 radical (unpaired) electrons. The van der Waals surface area contributed by atoms with E-state index in [4.69, 9.17) is 10.2 Å². The predicted molar refractivity (Wildman–Crippen MR) is 113 cm³/mol. The van der Waals surface area contributed by atoms with Gasteiger partial charge in [0.1, 0.15) is 23.2 Å². The molecule has 0 saturated carbocycles. The number of carbonyl (C=O) groups is 2. The van der Waals surface area contributed by atoms with Crippen LogP contribution in [0.5, 0.6) is 0 Å². The highest BCUT2D eigenvalue weighted by atomic mass is 32.1. The van der Waals surface area contributed by atoms with Gasteiger partial charge in [-0.1, -0.05) is 12.8 Å². The van der Waals surface area contributed by atoms with Crippen LogP contribution < -0.4 is 11.1 Å². The minimum atomic E-state index is -0.547. The highest BCUT2D eigenvalue weighted by Crippen LogP contribution is 2.37. The standard InChI is InChI=1S/C20H21N5O5S/c21-18(26)17-14-5-3-1-2-4-6-16(14)31-20(17)23-19(27)15-8-7-13(30-15)11-24-10-12(9-22-24)25(28)29/h7-10H,1-6,11H2,(H2,21,26)(H,23,27). The summed E-state index contributed by atoms with van der Waals surface area (Å²) in [5.41, 5.74) is 6.85. The molecular weight excluding hydrogens is 422 g/mol. The molecule has 11 heteroatoms. The molecule has 1 aliphatic carbocycles. The Morgan fingerprint density at radius 1 is 1.26 bits per heavy atom. The molecule has 10 nitrogen and oxygen atoms in total. The van der Waals surface area contributed by atoms with Crippen molar-refractivity contribution in [3.63, 3.8) is 0 Å². The number of primary amides is 1. The average Bonchev–Trinajstić information content (AvgIpc) is 3.42. The summed E-state index contributed by atoms with van der Waals surface area (Å²) in [5, 5.41) is 17.9. The number of fused-ring (bicyclic) bond motifs is 1. The maximum atomic E-state index is 12.7. The Labute approximate surface area is 181 Å². The number of aromatic nitrogens is 2. The summed E-state index contributed by atoms with van der Waals surface area (Å²) in [4.78, 5) is 36.2. The van der Waals surface area contributed by atoms with Gasteiger partial charge in [0.25, 0.3) is 11.8 Å². The van der Waals surface area contributed by atoms with Crippen molar-refractivity contribution in [2.45, 2.75) is 45.1 Å². The number of rotatable bonds is 6. The zero-order valence-corrected chi connectivity index (χ0v) is 17.4. The number of carbonyl (C=O) groups excluding carboxylic acids is 2. The summed E-state index contributed by atoms with van der Waals surface area (Å²) in [6, 6.07) is 3.11. The molecule has 0 saturated heterocycles. The number of aryl methyl sites for hydroxylation is 1. The van der Waals surface area contributed by atoms with Crippen molar-refractivity contribution in [3.8, 4) is 0 Å². The molecule has 31 heavy (non-hydrogen) atoms. The number of hydrogen-bond donors (Lipinski definition) is 2. The minimum absolute atomic E-state index is 0.0629. The van der Waals surface area contributed by atoms with Crippen LogP contribution in [-0.2, 0) is 19.4 Å². The lowest BCUT2D eigenvalue weighted by atomic mass is 9.96. The van der Waals surface area contributed by atoms with Crippen molar-refractivity contribution >= 4 is 33.8 Å². The second-order valence-electron chi connectivity index (χ2n) is 7.36. The number of hydrogen-bond acceptors (Lipinski definition) is 7. The first-order valence-electron chi connectivity index (χ1n) is 9.93. The van der Waals surface area contributed by atoms with E-state index in [9.17, 15) is 19.7 Å². The van der Waals surface area contributed by atoms with Gasteiger partial charge in [0, 0.05) is 4.88 Å². The summed E-state index contributed by atoms with van der Waals surface area (Å²) < 4.78 is 6.93. The van der Waals surface area contributed by atoms with E-state index in [1.54, 1.807) is 6.07 Å². The molecule has 3 aromatic rings. The Hall–Kier alpha value is -3.47. The molecule has 162 valence electrons. The summed E-state index contributed by atoms with van der Waals surface area (Å²) in [6.07, 6.45) is 8.38. The van der Waals surface area contributed by atoms with Crippen molar-refractivity contribution in [1.29, 1.82) is 0 Å². The van der Waals surface area contributed by atoms with Crippen LogP contribution in [0.3, 0.4) is 0 Å². The van der Waals surface area contributed by atoms with Gasteiger partial charge in [-0.2, -0.15) is 5.10 Å². The third-order valence-electron chi connectivity index (χ3n) is 5.18. The first-order chi connectivity index (χ1) is 14.9. The number of amides is 2. The zero-order valence-electron chi connectivity index (χ0n) is 16.6. The van der Waals surface area contributed by atoms with Crippen molar-refractivity contribution in [2.24, 2.45) is 5.73 Å². The Kier molecular flexibility index (Phi) is 5.85. The van der Waals surface area contributed by atoms with Crippen LogP contribution in [0.4, 0.5) is 10.7 Å². The third kappa shape index (κ3) is 4.50. The molecule has 1 aliphatic rings. The van der Waals surface area contributed by atoms with Gasteiger partial charge in [-0.15, -0.1) is 11.3 Å². The van der Waals surface area contributed by atoms with Crippen molar-refractivity contribution in [3.05, 3.63) is 62.2 Å². The Morgan fingerprint density at radius 2 is 2.03 bits per heavy atom. The Balaban J connectivity index is 1.51. The van der Waals surface area contributed by atoms with E-state index in [0.717, 1.165) is 55.2 Å². The first-order valence-corrected chi connectivity index (χ1v) is 10.7. The van der Waals surface area contributed by atoms with Crippen LogP contribution in [-0.4, -0.2) is 26.5 Å². The van der Waals surface area contributed by atoms with E-state index in [1.807, 2.05) is 0 Å². The molecule has 2 amide bonds. The molecule has 0 fully saturated rings. The molecule has 0 atom stereocenters. The molecular formula is C20H21N5O5S. The van der Waals surface area contributed by atoms with Gasteiger partial charge in [0.2, 0.25) is 0 Å². The van der Waals surface area contributed by atoms with Crippen LogP contribution >= 0.6 is 11.3 Å². The van der Waals surface area contributed by atoms with Gasteiger partial charge >= 0.3 is 5.69 Å². The van der Waals surface area contributed by atoms with Crippen LogP contribution in [0, 0.1) is 10.1 Å². The number of thiophene rings is 1.